The zero-order chi connectivity index (χ0) is 12.5. The van der Waals surface area contributed by atoms with Crippen molar-refractivity contribution in [3.8, 4) is 0 Å². The minimum atomic E-state index is 0.0633. The predicted octanol–water partition coefficient (Wildman–Crippen LogP) is 0.0854. The van der Waals surface area contributed by atoms with Crippen LogP contribution in [0.1, 0.15) is 17.0 Å². The van der Waals surface area contributed by atoms with Crippen LogP contribution in [0.5, 0.6) is 0 Å². The minimum absolute atomic E-state index is 0.0633. The fourth-order valence-electron chi connectivity index (χ4n) is 2.94. The first-order valence-corrected chi connectivity index (χ1v) is 6.60. The number of hydrogen-bond acceptors (Lipinski definition) is 3. The Bertz CT molecular complexity index is 460. The summed E-state index contributed by atoms with van der Waals surface area (Å²) in [6, 6.07) is 8.38. The van der Waals surface area contributed by atoms with Gasteiger partial charge < -0.3 is 16.0 Å². The van der Waals surface area contributed by atoms with Crippen LogP contribution in [0, 0.1) is 0 Å². The van der Waals surface area contributed by atoms with E-state index in [1.165, 1.54) is 11.1 Å². The summed E-state index contributed by atoms with van der Waals surface area (Å²) in [5, 5.41) is 3.29. The maximum absolute atomic E-state index is 12.6. The van der Waals surface area contributed by atoms with Gasteiger partial charge in [0.2, 0.25) is 5.91 Å². The Morgan fingerprint density at radius 3 is 3.06 bits per heavy atom. The summed E-state index contributed by atoms with van der Waals surface area (Å²) >= 11 is 0. The summed E-state index contributed by atoms with van der Waals surface area (Å²) in [6.45, 7) is 3.00. The highest BCUT2D eigenvalue weighted by Gasteiger charge is 2.37. The van der Waals surface area contributed by atoms with Gasteiger partial charge >= 0.3 is 0 Å². The Labute approximate surface area is 107 Å². The summed E-state index contributed by atoms with van der Waals surface area (Å²) in [6.07, 6.45) is 0.885. The number of carbonyl (C=O) groups is 1. The van der Waals surface area contributed by atoms with Crippen molar-refractivity contribution >= 4 is 5.91 Å². The number of benzene rings is 1. The number of rotatable bonds is 2. The maximum atomic E-state index is 12.6. The van der Waals surface area contributed by atoms with Crippen molar-refractivity contribution in [1.29, 1.82) is 0 Å². The van der Waals surface area contributed by atoms with E-state index in [1.54, 1.807) is 0 Å². The molecule has 1 heterocycles. The number of nitrogens with zero attached hydrogens (tertiary/aromatic N) is 1. The predicted molar refractivity (Wildman–Crippen MR) is 70.3 cm³/mol. The molecular formula is C14H19N3O. The molecular weight excluding hydrogens is 226 g/mol. The Hall–Kier alpha value is -1.39. The maximum Gasteiger partial charge on any atom is 0.230 e. The normalized spacial score (nSPS) is 26.4. The van der Waals surface area contributed by atoms with Crippen LogP contribution in [-0.2, 0) is 11.2 Å². The third kappa shape index (κ3) is 1.82. The van der Waals surface area contributed by atoms with E-state index >= 15 is 0 Å². The van der Waals surface area contributed by atoms with Gasteiger partial charge in [-0.05, 0) is 17.5 Å². The topological polar surface area (TPSA) is 58.4 Å². The van der Waals surface area contributed by atoms with Gasteiger partial charge in [-0.2, -0.15) is 0 Å². The zero-order valence-electron chi connectivity index (χ0n) is 10.4. The number of fused-ring (bicyclic) bond motifs is 1. The second kappa shape index (κ2) is 4.71. The standard InChI is InChI=1S/C14H19N3O/c15-8-11-9-16-5-6-17(11)14(18)13-7-10-3-1-2-4-12(10)13/h1-4,11,13,16H,5-9,15H2. The highest BCUT2D eigenvalue weighted by Crippen LogP contribution is 2.36. The van der Waals surface area contributed by atoms with Crippen LogP contribution in [-0.4, -0.2) is 43.0 Å². The van der Waals surface area contributed by atoms with E-state index in [1.807, 2.05) is 17.0 Å². The lowest BCUT2D eigenvalue weighted by molar-refractivity contribution is -0.136. The molecule has 0 bridgehead atoms. The van der Waals surface area contributed by atoms with Crippen molar-refractivity contribution < 1.29 is 4.79 Å². The first-order chi connectivity index (χ1) is 8.81. The number of nitrogens with one attached hydrogen (secondary N) is 1. The summed E-state index contributed by atoms with van der Waals surface area (Å²) in [4.78, 5) is 14.5. The van der Waals surface area contributed by atoms with Gasteiger partial charge in [-0.25, -0.2) is 0 Å². The SMILES string of the molecule is NCC1CNCCN1C(=O)C1Cc2ccccc21. The van der Waals surface area contributed by atoms with Crippen LogP contribution in [0.4, 0.5) is 0 Å². The lowest BCUT2D eigenvalue weighted by Gasteiger charge is -2.40. The first-order valence-electron chi connectivity index (χ1n) is 6.60. The molecule has 1 saturated heterocycles. The zero-order valence-corrected chi connectivity index (χ0v) is 10.4. The van der Waals surface area contributed by atoms with E-state index in [2.05, 4.69) is 17.4 Å². The van der Waals surface area contributed by atoms with Gasteiger partial charge in [0.05, 0.1) is 12.0 Å². The highest BCUT2D eigenvalue weighted by molar-refractivity contribution is 5.87. The molecule has 4 nitrogen and oxygen atoms in total. The molecule has 96 valence electrons. The molecule has 1 amide bonds. The van der Waals surface area contributed by atoms with Gasteiger partial charge in [0.25, 0.3) is 0 Å². The van der Waals surface area contributed by atoms with E-state index in [9.17, 15) is 4.79 Å². The molecule has 1 fully saturated rings. The average molecular weight is 245 g/mol. The van der Waals surface area contributed by atoms with Gasteiger partial charge in [-0.15, -0.1) is 0 Å². The fraction of sp³-hybridized carbons (Fsp3) is 0.500. The van der Waals surface area contributed by atoms with E-state index in [0.29, 0.717) is 6.54 Å². The Kier molecular flexibility index (Phi) is 3.06. The Balaban J connectivity index is 1.76. The van der Waals surface area contributed by atoms with E-state index in [0.717, 1.165) is 26.1 Å². The second-order valence-electron chi connectivity index (χ2n) is 5.08. The summed E-state index contributed by atoms with van der Waals surface area (Å²) in [5.74, 6) is 0.319. The largest absolute Gasteiger partial charge is 0.335 e. The molecule has 2 unspecified atom stereocenters. The van der Waals surface area contributed by atoms with Crippen LogP contribution < -0.4 is 11.1 Å². The lowest BCUT2D eigenvalue weighted by Crippen LogP contribution is -2.58. The molecule has 1 aromatic rings. The molecule has 0 spiro atoms. The summed E-state index contributed by atoms with van der Waals surface area (Å²) in [7, 11) is 0. The third-order valence-corrected chi connectivity index (χ3v) is 4.06. The van der Waals surface area contributed by atoms with E-state index < -0.39 is 0 Å². The molecule has 18 heavy (non-hydrogen) atoms. The minimum Gasteiger partial charge on any atom is -0.335 e. The number of amides is 1. The average Bonchev–Trinajstić information content (AvgIpc) is 2.40. The van der Waals surface area contributed by atoms with E-state index in [-0.39, 0.29) is 17.9 Å². The van der Waals surface area contributed by atoms with Crippen molar-refractivity contribution in [3.05, 3.63) is 35.4 Å². The monoisotopic (exact) mass is 245 g/mol. The summed E-state index contributed by atoms with van der Waals surface area (Å²) in [5.41, 5.74) is 8.27. The number of hydrogen-bond donors (Lipinski definition) is 2. The van der Waals surface area contributed by atoms with Gasteiger partial charge in [-0.1, -0.05) is 24.3 Å². The summed E-state index contributed by atoms with van der Waals surface area (Å²) < 4.78 is 0. The number of piperazine rings is 1. The second-order valence-corrected chi connectivity index (χ2v) is 5.08. The number of nitrogens with two attached hydrogens (primary N) is 1. The van der Waals surface area contributed by atoms with Crippen LogP contribution >= 0.6 is 0 Å². The quantitative estimate of drug-likeness (QED) is 0.776. The van der Waals surface area contributed by atoms with Crippen LogP contribution in [0.2, 0.25) is 0 Å². The van der Waals surface area contributed by atoms with Gasteiger partial charge in [0, 0.05) is 26.2 Å². The lowest BCUT2D eigenvalue weighted by atomic mass is 9.76. The Morgan fingerprint density at radius 2 is 2.28 bits per heavy atom. The van der Waals surface area contributed by atoms with Crippen molar-refractivity contribution in [1.82, 2.24) is 10.2 Å². The van der Waals surface area contributed by atoms with Crippen LogP contribution in [0.15, 0.2) is 24.3 Å². The molecule has 1 aliphatic carbocycles. The smallest absolute Gasteiger partial charge is 0.230 e. The molecule has 2 atom stereocenters. The van der Waals surface area contributed by atoms with Crippen molar-refractivity contribution in [2.24, 2.45) is 5.73 Å². The van der Waals surface area contributed by atoms with Gasteiger partial charge in [-0.3, -0.25) is 4.79 Å². The molecule has 3 rings (SSSR count). The molecule has 1 aliphatic heterocycles. The molecule has 0 aromatic heterocycles. The van der Waals surface area contributed by atoms with Crippen LogP contribution in [0.25, 0.3) is 0 Å². The van der Waals surface area contributed by atoms with Crippen molar-refractivity contribution in [3.63, 3.8) is 0 Å². The van der Waals surface area contributed by atoms with Gasteiger partial charge in [0.1, 0.15) is 0 Å². The molecule has 4 heteroatoms. The molecule has 3 N–H and O–H groups in total. The van der Waals surface area contributed by atoms with Crippen molar-refractivity contribution in [2.45, 2.75) is 18.4 Å². The van der Waals surface area contributed by atoms with Gasteiger partial charge in [0.15, 0.2) is 0 Å². The fourth-order valence-corrected chi connectivity index (χ4v) is 2.94. The molecule has 0 radical (unpaired) electrons. The number of carbonyl (C=O) groups excluding carboxylic acids is 1. The van der Waals surface area contributed by atoms with Crippen molar-refractivity contribution in [2.75, 3.05) is 26.2 Å². The first kappa shape index (κ1) is 11.7. The third-order valence-electron chi connectivity index (χ3n) is 4.06. The van der Waals surface area contributed by atoms with E-state index in [4.69, 9.17) is 5.73 Å². The molecule has 0 saturated carbocycles. The molecule has 2 aliphatic rings. The molecule has 1 aromatic carbocycles. The highest BCUT2D eigenvalue weighted by atomic mass is 16.2. The Morgan fingerprint density at radius 1 is 1.44 bits per heavy atom. The van der Waals surface area contributed by atoms with Crippen LogP contribution in [0.3, 0.4) is 0 Å².